The fraction of sp³-hybridized carbons (Fsp3) is 0.455. The largest absolute Gasteiger partial charge is 0.514 e. The molecular formula is C22H26BFN2O3. The maximum absolute atomic E-state index is 13.1. The molecule has 5 nitrogen and oxygen atoms in total. The second kappa shape index (κ2) is 6.64. The van der Waals surface area contributed by atoms with Crippen molar-refractivity contribution in [3.63, 3.8) is 0 Å². The van der Waals surface area contributed by atoms with Crippen molar-refractivity contribution in [3.05, 3.63) is 59.5 Å². The van der Waals surface area contributed by atoms with E-state index in [0.717, 1.165) is 12.0 Å². The van der Waals surface area contributed by atoms with Crippen LogP contribution in [-0.4, -0.2) is 29.2 Å². The number of benzene rings is 1. The van der Waals surface area contributed by atoms with E-state index in [2.05, 4.69) is 17.2 Å². The highest BCUT2D eigenvalue weighted by molar-refractivity contribution is 6.61. The first-order valence-electron chi connectivity index (χ1n) is 9.94. The molecule has 2 unspecified atom stereocenters. The average Bonchev–Trinajstić information content (AvgIpc) is 3.24. The van der Waals surface area contributed by atoms with Gasteiger partial charge in [0, 0.05) is 11.8 Å². The van der Waals surface area contributed by atoms with E-state index in [1.807, 2.05) is 39.8 Å². The SMILES string of the molecule is CC1CC1(NC(=O)c1ccc(F)cc1)c1ccc(B2OC(C)(C)C(C)(C)O2)nc1. The first-order valence-corrected chi connectivity index (χ1v) is 9.94. The molecule has 7 heteroatoms. The Kier molecular flexibility index (Phi) is 4.59. The molecule has 1 N–H and O–H groups in total. The number of pyridine rings is 1. The number of carbonyl (C=O) groups is 1. The van der Waals surface area contributed by atoms with E-state index < -0.39 is 23.9 Å². The molecule has 2 aromatic rings. The molecule has 1 aliphatic heterocycles. The van der Waals surface area contributed by atoms with Crippen molar-refractivity contribution < 1.29 is 18.5 Å². The lowest BCUT2D eigenvalue weighted by Gasteiger charge is -2.32. The Hall–Kier alpha value is -2.25. The standard InChI is InChI=1S/C22H26BFN2O3/c1-14-12-22(14,26-19(27)15-6-9-17(24)10-7-15)16-8-11-18(25-13-16)23-28-20(2,3)21(4,5)29-23/h6-11,13-14H,12H2,1-5H3,(H,26,27). The molecule has 1 saturated heterocycles. The van der Waals surface area contributed by atoms with Gasteiger partial charge >= 0.3 is 7.12 Å². The summed E-state index contributed by atoms with van der Waals surface area (Å²) in [5, 5.41) is 3.12. The molecule has 1 aromatic carbocycles. The van der Waals surface area contributed by atoms with Gasteiger partial charge in [-0.25, -0.2) is 4.39 Å². The molecule has 1 aromatic heterocycles. The predicted octanol–water partition coefficient (Wildman–Crippen LogP) is 3.19. The van der Waals surface area contributed by atoms with Crippen molar-refractivity contribution in [3.8, 4) is 0 Å². The number of hydrogen-bond acceptors (Lipinski definition) is 4. The maximum atomic E-state index is 13.1. The molecule has 2 heterocycles. The monoisotopic (exact) mass is 396 g/mol. The summed E-state index contributed by atoms with van der Waals surface area (Å²) in [7, 11) is -0.518. The molecule has 1 amide bonds. The number of hydrogen-bond donors (Lipinski definition) is 1. The van der Waals surface area contributed by atoms with Gasteiger partial charge in [0.25, 0.3) is 5.91 Å². The molecule has 1 saturated carbocycles. The average molecular weight is 396 g/mol. The molecular weight excluding hydrogens is 370 g/mol. The normalized spacial score (nSPS) is 27.0. The fourth-order valence-corrected chi connectivity index (χ4v) is 3.72. The molecule has 2 fully saturated rings. The number of amides is 1. The molecule has 0 spiro atoms. The quantitative estimate of drug-likeness (QED) is 0.807. The fourth-order valence-electron chi connectivity index (χ4n) is 3.72. The van der Waals surface area contributed by atoms with E-state index in [1.165, 1.54) is 24.3 Å². The van der Waals surface area contributed by atoms with Gasteiger partial charge in [-0.3, -0.25) is 9.78 Å². The number of aromatic nitrogens is 1. The molecule has 1 aliphatic carbocycles. The Morgan fingerprint density at radius 2 is 1.69 bits per heavy atom. The second-order valence-corrected chi connectivity index (χ2v) is 9.10. The van der Waals surface area contributed by atoms with E-state index in [9.17, 15) is 9.18 Å². The van der Waals surface area contributed by atoms with Crippen molar-refractivity contribution in [1.29, 1.82) is 0 Å². The van der Waals surface area contributed by atoms with E-state index in [1.54, 1.807) is 6.20 Å². The Morgan fingerprint density at radius 3 is 2.17 bits per heavy atom. The minimum absolute atomic E-state index is 0.218. The topological polar surface area (TPSA) is 60.5 Å². The smallest absolute Gasteiger partial charge is 0.398 e. The minimum atomic E-state index is -0.518. The minimum Gasteiger partial charge on any atom is -0.398 e. The highest BCUT2D eigenvalue weighted by Crippen LogP contribution is 2.51. The highest BCUT2D eigenvalue weighted by atomic mass is 19.1. The van der Waals surface area contributed by atoms with Gasteiger partial charge in [-0.05, 0) is 75.9 Å². The molecule has 152 valence electrons. The van der Waals surface area contributed by atoms with Crippen LogP contribution in [0.5, 0.6) is 0 Å². The van der Waals surface area contributed by atoms with Crippen LogP contribution in [0.4, 0.5) is 4.39 Å². The van der Waals surface area contributed by atoms with E-state index in [4.69, 9.17) is 9.31 Å². The summed E-state index contributed by atoms with van der Waals surface area (Å²) in [6.45, 7) is 10.1. The summed E-state index contributed by atoms with van der Waals surface area (Å²) < 4.78 is 25.2. The summed E-state index contributed by atoms with van der Waals surface area (Å²) in [4.78, 5) is 17.2. The molecule has 0 bridgehead atoms. The van der Waals surface area contributed by atoms with Gasteiger partial charge in [-0.15, -0.1) is 0 Å². The molecule has 2 aliphatic rings. The number of halogens is 1. The van der Waals surface area contributed by atoms with Crippen LogP contribution >= 0.6 is 0 Å². The van der Waals surface area contributed by atoms with Gasteiger partial charge in [0.05, 0.1) is 22.3 Å². The lowest BCUT2D eigenvalue weighted by Crippen LogP contribution is -2.41. The zero-order chi connectivity index (χ0) is 21.0. The lowest BCUT2D eigenvalue weighted by molar-refractivity contribution is 0.00578. The van der Waals surface area contributed by atoms with Gasteiger partial charge in [-0.2, -0.15) is 0 Å². The van der Waals surface area contributed by atoms with Gasteiger partial charge < -0.3 is 14.6 Å². The van der Waals surface area contributed by atoms with Crippen LogP contribution < -0.4 is 10.9 Å². The summed E-state index contributed by atoms with van der Waals surface area (Å²) in [6.07, 6.45) is 2.62. The number of nitrogens with zero attached hydrogens (tertiary/aromatic N) is 1. The van der Waals surface area contributed by atoms with Crippen LogP contribution in [0.2, 0.25) is 0 Å². The van der Waals surface area contributed by atoms with Gasteiger partial charge in [0.15, 0.2) is 0 Å². The van der Waals surface area contributed by atoms with Crippen molar-refractivity contribution in [1.82, 2.24) is 10.3 Å². The van der Waals surface area contributed by atoms with Crippen molar-refractivity contribution in [2.75, 3.05) is 0 Å². The van der Waals surface area contributed by atoms with Crippen LogP contribution in [0.15, 0.2) is 42.6 Å². The predicted molar refractivity (Wildman–Crippen MR) is 109 cm³/mol. The first-order chi connectivity index (χ1) is 13.5. The van der Waals surface area contributed by atoms with Crippen LogP contribution in [0, 0.1) is 11.7 Å². The van der Waals surface area contributed by atoms with Crippen molar-refractivity contribution in [2.24, 2.45) is 5.92 Å². The Bertz CT molecular complexity index is 914. The Labute approximate surface area is 171 Å². The number of nitrogens with one attached hydrogen (secondary N) is 1. The Morgan fingerprint density at radius 1 is 1.10 bits per heavy atom. The third kappa shape index (κ3) is 3.47. The van der Waals surface area contributed by atoms with Crippen LogP contribution in [0.3, 0.4) is 0 Å². The third-order valence-electron chi connectivity index (χ3n) is 6.55. The van der Waals surface area contributed by atoms with Gasteiger partial charge in [0.2, 0.25) is 0 Å². The molecule has 2 atom stereocenters. The van der Waals surface area contributed by atoms with Crippen LogP contribution in [0.1, 0.15) is 57.0 Å². The summed E-state index contributed by atoms with van der Waals surface area (Å²) in [6, 6.07) is 9.43. The maximum Gasteiger partial charge on any atom is 0.514 e. The van der Waals surface area contributed by atoms with E-state index >= 15 is 0 Å². The summed E-state index contributed by atoms with van der Waals surface area (Å²) in [5.41, 5.74) is 0.793. The van der Waals surface area contributed by atoms with Crippen LogP contribution in [0.25, 0.3) is 0 Å². The third-order valence-corrected chi connectivity index (χ3v) is 6.55. The molecule has 0 radical (unpaired) electrons. The summed E-state index contributed by atoms with van der Waals surface area (Å²) in [5.74, 6) is -0.292. The van der Waals surface area contributed by atoms with Gasteiger partial charge in [-0.1, -0.05) is 13.0 Å². The van der Waals surface area contributed by atoms with Gasteiger partial charge in [0.1, 0.15) is 5.82 Å². The molecule has 4 rings (SSSR count). The van der Waals surface area contributed by atoms with E-state index in [0.29, 0.717) is 11.2 Å². The zero-order valence-electron chi connectivity index (χ0n) is 17.5. The second-order valence-electron chi connectivity index (χ2n) is 9.10. The van der Waals surface area contributed by atoms with Crippen LogP contribution in [-0.2, 0) is 14.8 Å². The molecule has 29 heavy (non-hydrogen) atoms. The summed E-state index contributed by atoms with van der Waals surface area (Å²) >= 11 is 0. The Balaban J connectivity index is 1.52. The number of carbonyl (C=O) groups excluding carboxylic acids is 1. The zero-order valence-corrected chi connectivity index (χ0v) is 17.5. The van der Waals surface area contributed by atoms with Crippen molar-refractivity contribution in [2.45, 2.75) is 57.8 Å². The van der Waals surface area contributed by atoms with E-state index in [-0.39, 0.29) is 17.6 Å². The number of rotatable bonds is 4. The van der Waals surface area contributed by atoms with Crippen molar-refractivity contribution >= 4 is 18.6 Å². The first kappa shape index (κ1) is 20.0. The lowest BCUT2D eigenvalue weighted by atomic mass is 9.83. The highest BCUT2D eigenvalue weighted by Gasteiger charge is 2.55.